The highest BCUT2D eigenvalue weighted by molar-refractivity contribution is 6.05. The van der Waals surface area contributed by atoms with Crippen molar-refractivity contribution in [2.24, 2.45) is 0 Å². The second-order valence-electron chi connectivity index (χ2n) is 8.73. The van der Waals surface area contributed by atoms with Gasteiger partial charge in [-0.2, -0.15) is 0 Å². The van der Waals surface area contributed by atoms with Crippen molar-refractivity contribution in [2.45, 2.75) is 52.1 Å². The number of carbonyl (C=O) groups excluding carboxylic acids is 1. The van der Waals surface area contributed by atoms with E-state index in [9.17, 15) is 14.4 Å². The molecule has 0 unspecified atom stereocenters. The van der Waals surface area contributed by atoms with Crippen LogP contribution in [0.1, 0.15) is 55.9 Å². The van der Waals surface area contributed by atoms with Crippen molar-refractivity contribution in [1.82, 2.24) is 29.1 Å². The first-order valence-corrected chi connectivity index (χ1v) is 12.0. The number of aromatic amines is 1. The van der Waals surface area contributed by atoms with Crippen LogP contribution in [-0.4, -0.2) is 41.5 Å². The summed E-state index contributed by atoms with van der Waals surface area (Å²) in [5, 5.41) is 0. The van der Waals surface area contributed by atoms with Crippen LogP contribution in [0.4, 0.5) is 5.82 Å². The van der Waals surface area contributed by atoms with Gasteiger partial charge in [-0.1, -0.05) is 13.8 Å². The predicted molar refractivity (Wildman–Crippen MR) is 133 cm³/mol. The van der Waals surface area contributed by atoms with Gasteiger partial charge < -0.3 is 4.98 Å². The zero-order valence-corrected chi connectivity index (χ0v) is 19.8. The average Bonchev–Trinajstić information content (AvgIpc) is 3.62. The fourth-order valence-corrected chi connectivity index (χ4v) is 4.23. The molecule has 0 atom stereocenters. The largest absolute Gasteiger partial charge is 0.333 e. The fraction of sp³-hybridized carbons (Fsp3) is 0.360. The molecule has 180 valence electrons. The highest BCUT2D eigenvalue weighted by Gasteiger charge is 2.30. The van der Waals surface area contributed by atoms with E-state index < -0.39 is 0 Å². The summed E-state index contributed by atoms with van der Waals surface area (Å²) in [5.41, 5.74) is 1.19. The second-order valence-corrected chi connectivity index (χ2v) is 8.73. The molecule has 0 saturated heterocycles. The molecule has 1 amide bonds. The van der Waals surface area contributed by atoms with Crippen molar-refractivity contribution in [3.05, 3.63) is 69.3 Å². The van der Waals surface area contributed by atoms with Crippen LogP contribution in [-0.2, 0) is 6.54 Å². The molecule has 0 spiro atoms. The van der Waals surface area contributed by atoms with Crippen molar-refractivity contribution in [1.29, 1.82) is 0 Å². The topological polar surface area (TPSA) is 119 Å². The Morgan fingerprint density at radius 2 is 1.97 bits per heavy atom. The van der Waals surface area contributed by atoms with Crippen molar-refractivity contribution in [3.63, 3.8) is 0 Å². The van der Waals surface area contributed by atoms with Gasteiger partial charge in [0.15, 0.2) is 5.65 Å². The first-order valence-electron chi connectivity index (χ1n) is 12.0. The fourth-order valence-electron chi connectivity index (χ4n) is 4.23. The SMILES string of the molecule is CCCN(C(=O)c1cccnc1)c1ccc(-c2nc3c([nH]2)c(=O)n(C2CC2)c(=O)n3CCC)cn1. The number of nitrogens with zero attached hydrogens (tertiary/aromatic N) is 6. The van der Waals surface area contributed by atoms with E-state index in [0.29, 0.717) is 47.0 Å². The molecule has 1 aliphatic rings. The maximum Gasteiger partial charge on any atom is 0.333 e. The first kappa shape index (κ1) is 22.7. The molecule has 0 bridgehead atoms. The lowest BCUT2D eigenvalue weighted by molar-refractivity contribution is 0.0985. The average molecular weight is 474 g/mol. The van der Waals surface area contributed by atoms with Gasteiger partial charge in [-0.15, -0.1) is 0 Å². The summed E-state index contributed by atoms with van der Waals surface area (Å²) in [5.74, 6) is 0.794. The third kappa shape index (κ3) is 4.16. The first-order chi connectivity index (χ1) is 17.0. The smallest absolute Gasteiger partial charge is 0.332 e. The molecule has 4 aromatic heterocycles. The normalized spacial score (nSPS) is 13.3. The Kier molecular flexibility index (Phi) is 6.02. The Bertz CT molecular complexity index is 1480. The number of hydrogen-bond donors (Lipinski definition) is 1. The molecule has 10 nitrogen and oxygen atoms in total. The molecule has 4 aromatic rings. The minimum Gasteiger partial charge on any atom is -0.332 e. The van der Waals surface area contributed by atoms with Crippen LogP contribution >= 0.6 is 0 Å². The van der Waals surface area contributed by atoms with Crippen molar-refractivity contribution < 1.29 is 4.79 Å². The van der Waals surface area contributed by atoms with Gasteiger partial charge in [-0.3, -0.25) is 28.6 Å². The van der Waals surface area contributed by atoms with Gasteiger partial charge in [-0.25, -0.2) is 14.8 Å². The van der Waals surface area contributed by atoms with Crippen LogP contribution in [0.3, 0.4) is 0 Å². The number of anilines is 1. The molecular weight excluding hydrogens is 446 g/mol. The van der Waals surface area contributed by atoms with Gasteiger partial charge in [0.1, 0.15) is 17.2 Å². The van der Waals surface area contributed by atoms with Crippen LogP contribution in [0.2, 0.25) is 0 Å². The van der Waals surface area contributed by atoms with E-state index in [1.807, 2.05) is 13.8 Å². The van der Waals surface area contributed by atoms with Crippen LogP contribution in [0, 0.1) is 0 Å². The number of imidazole rings is 1. The number of rotatable bonds is 8. The summed E-state index contributed by atoms with van der Waals surface area (Å²) in [4.78, 5) is 57.0. The zero-order valence-electron chi connectivity index (χ0n) is 19.8. The summed E-state index contributed by atoms with van der Waals surface area (Å²) >= 11 is 0. The van der Waals surface area contributed by atoms with E-state index in [4.69, 9.17) is 0 Å². The maximum absolute atomic E-state index is 13.1. The number of H-pyrrole nitrogens is 1. The lowest BCUT2D eigenvalue weighted by Crippen LogP contribution is -2.39. The van der Waals surface area contributed by atoms with Gasteiger partial charge >= 0.3 is 5.69 Å². The molecule has 0 aromatic carbocycles. The molecule has 1 fully saturated rings. The summed E-state index contributed by atoms with van der Waals surface area (Å²) in [7, 11) is 0. The Morgan fingerprint density at radius 3 is 2.60 bits per heavy atom. The van der Waals surface area contributed by atoms with E-state index >= 15 is 0 Å². The van der Waals surface area contributed by atoms with E-state index in [2.05, 4.69) is 19.9 Å². The number of fused-ring (bicyclic) bond motifs is 1. The molecule has 1 aliphatic carbocycles. The highest BCUT2D eigenvalue weighted by atomic mass is 16.2. The number of aryl methyl sites for hydroxylation is 1. The standard InChI is InChI=1S/C25H27N7O3/c1-3-12-30(23(33)17-6-5-11-26-14-17)19-10-7-16(15-27-19)21-28-20-22(29-21)31(13-4-2)25(35)32(24(20)34)18-8-9-18/h5-7,10-11,14-15,18H,3-4,8-9,12-13H2,1-2H3,(H,28,29). The van der Waals surface area contributed by atoms with E-state index in [1.54, 1.807) is 46.1 Å². The Morgan fingerprint density at radius 1 is 1.14 bits per heavy atom. The van der Waals surface area contributed by atoms with Gasteiger partial charge in [0.25, 0.3) is 11.5 Å². The summed E-state index contributed by atoms with van der Waals surface area (Å²) in [6.07, 6.45) is 7.97. The summed E-state index contributed by atoms with van der Waals surface area (Å²) in [6, 6.07) is 6.99. The molecular formula is C25H27N7O3. The number of aromatic nitrogens is 6. The molecule has 35 heavy (non-hydrogen) atoms. The van der Waals surface area contributed by atoms with E-state index in [1.165, 1.54) is 10.8 Å². The number of nitrogens with one attached hydrogen (secondary N) is 1. The molecule has 10 heteroatoms. The van der Waals surface area contributed by atoms with Gasteiger partial charge in [0.2, 0.25) is 0 Å². The molecule has 1 N–H and O–H groups in total. The second kappa shape index (κ2) is 9.28. The molecule has 5 rings (SSSR count). The Hall–Kier alpha value is -4.08. The number of pyridine rings is 2. The van der Waals surface area contributed by atoms with Crippen LogP contribution < -0.4 is 16.1 Å². The Labute approximate surface area is 201 Å². The third-order valence-electron chi connectivity index (χ3n) is 6.07. The molecule has 0 radical (unpaired) electrons. The molecule has 1 saturated carbocycles. The minimum absolute atomic E-state index is 0.0305. The number of hydrogen-bond acceptors (Lipinski definition) is 6. The number of amides is 1. The van der Waals surface area contributed by atoms with E-state index in [-0.39, 0.29) is 23.2 Å². The number of carbonyl (C=O) groups is 1. The van der Waals surface area contributed by atoms with Crippen LogP contribution in [0.5, 0.6) is 0 Å². The van der Waals surface area contributed by atoms with Crippen molar-refractivity contribution in [2.75, 3.05) is 11.4 Å². The lowest BCUT2D eigenvalue weighted by Gasteiger charge is -2.21. The predicted octanol–water partition coefficient (Wildman–Crippen LogP) is 3.15. The van der Waals surface area contributed by atoms with Gasteiger partial charge in [0.05, 0.1) is 5.56 Å². The monoisotopic (exact) mass is 473 g/mol. The quantitative estimate of drug-likeness (QED) is 0.420. The van der Waals surface area contributed by atoms with Crippen LogP contribution in [0.25, 0.3) is 22.6 Å². The van der Waals surface area contributed by atoms with Crippen molar-refractivity contribution >= 4 is 22.9 Å². The highest BCUT2D eigenvalue weighted by Crippen LogP contribution is 2.32. The van der Waals surface area contributed by atoms with Crippen LogP contribution in [0.15, 0.2) is 52.4 Å². The maximum atomic E-state index is 13.1. The third-order valence-corrected chi connectivity index (χ3v) is 6.07. The Balaban J connectivity index is 1.53. The van der Waals surface area contributed by atoms with E-state index in [0.717, 1.165) is 25.7 Å². The zero-order chi connectivity index (χ0) is 24.5. The van der Waals surface area contributed by atoms with Gasteiger partial charge in [0, 0.05) is 43.3 Å². The molecule has 0 aliphatic heterocycles. The molecule has 4 heterocycles. The minimum atomic E-state index is -0.334. The summed E-state index contributed by atoms with van der Waals surface area (Å²) < 4.78 is 2.93. The van der Waals surface area contributed by atoms with Crippen molar-refractivity contribution in [3.8, 4) is 11.4 Å². The summed E-state index contributed by atoms with van der Waals surface area (Å²) in [6.45, 7) is 4.97. The lowest BCUT2D eigenvalue weighted by atomic mass is 10.2. The van der Waals surface area contributed by atoms with Gasteiger partial charge in [-0.05, 0) is 49.9 Å².